The van der Waals surface area contributed by atoms with Crippen molar-refractivity contribution >= 4 is 27.8 Å². The van der Waals surface area contributed by atoms with Crippen LogP contribution in [0.4, 0.5) is 0 Å². The quantitative estimate of drug-likeness (QED) is 0.305. The van der Waals surface area contributed by atoms with E-state index in [1.54, 1.807) is 19.2 Å². The number of phenols is 1. The van der Waals surface area contributed by atoms with E-state index in [0.29, 0.717) is 31.3 Å². The lowest BCUT2D eigenvalue weighted by Crippen LogP contribution is -2.05. The predicted octanol–water partition coefficient (Wildman–Crippen LogP) is 5.22. The standard InChI is InChI=1S/C26H27NO6/c1-31-20-14-18(28)15-21(16-20)33-13-5-4-12-32-19-8-9-23-22-6-2-3-7-24(22)27(25(23)17-19)11-10-26(29)30/h2-3,6-9,14-17,28H,4-5,10-13H2,1H3,(H,29,30). The minimum Gasteiger partial charge on any atom is -0.508 e. The molecule has 4 rings (SSSR count). The summed E-state index contributed by atoms with van der Waals surface area (Å²) in [6.07, 6.45) is 1.65. The molecule has 33 heavy (non-hydrogen) atoms. The van der Waals surface area contributed by atoms with Crippen molar-refractivity contribution in [2.75, 3.05) is 20.3 Å². The molecule has 0 aliphatic carbocycles. The summed E-state index contributed by atoms with van der Waals surface area (Å²) >= 11 is 0. The van der Waals surface area contributed by atoms with Crippen LogP contribution in [0.15, 0.2) is 60.7 Å². The van der Waals surface area contributed by atoms with Gasteiger partial charge in [0.25, 0.3) is 0 Å². The first kappa shape index (κ1) is 22.3. The third-order valence-electron chi connectivity index (χ3n) is 5.47. The Kier molecular flexibility index (Phi) is 6.88. The molecule has 0 radical (unpaired) electrons. The van der Waals surface area contributed by atoms with E-state index < -0.39 is 5.97 Å². The van der Waals surface area contributed by atoms with Crippen LogP contribution < -0.4 is 14.2 Å². The van der Waals surface area contributed by atoms with Gasteiger partial charge in [-0.2, -0.15) is 0 Å². The Morgan fingerprint density at radius 2 is 1.55 bits per heavy atom. The number of nitrogens with zero attached hydrogens (tertiary/aromatic N) is 1. The molecule has 0 saturated heterocycles. The molecular weight excluding hydrogens is 422 g/mol. The topological polar surface area (TPSA) is 90.2 Å². The van der Waals surface area contributed by atoms with Gasteiger partial charge in [-0.05, 0) is 31.0 Å². The van der Waals surface area contributed by atoms with E-state index in [4.69, 9.17) is 19.3 Å². The van der Waals surface area contributed by atoms with Gasteiger partial charge in [0.05, 0.1) is 32.3 Å². The molecule has 0 spiro atoms. The van der Waals surface area contributed by atoms with Gasteiger partial charge in [0, 0.05) is 47.1 Å². The molecule has 0 fully saturated rings. The third kappa shape index (κ3) is 5.31. The number of hydrogen-bond donors (Lipinski definition) is 2. The van der Waals surface area contributed by atoms with Crippen LogP contribution in [0.3, 0.4) is 0 Å². The summed E-state index contributed by atoms with van der Waals surface area (Å²) in [4.78, 5) is 11.1. The van der Waals surface area contributed by atoms with Gasteiger partial charge in [0.2, 0.25) is 0 Å². The molecule has 7 heteroatoms. The third-order valence-corrected chi connectivity index (χ3v) is 5.47. The summed E-state index contributed by atoms with van der Waals surface area (Å²) in [7, 11) is 1.54. The van der Waals surface area contributed by atoms with Crippen LogP contribution in [-0.2, 0) is 11.3 Å². The maximum atomic E-state index is 11.1. The van der Waals surface area contributed by atoms with Crippen molar-refractivity contribution in [1.82, 2.24) is 4.57 Å². The summed E-state index contributed by atoms with van der Waals surface area (Å²) in [5.74, 6) is 1.14. The molecule has 2 N–H and O–H groups in total. The largest absolute Gasteiger partial charge is 0.508 e. The second-order valence-corrected chi connectivity index (χ2v) is 7.76. The van der Waals surface area contributed by atoms with Gasteiger partial charge in [0.15, 0.2) is 0 Å². The number of benzene rings is 3. The fourth-order valence-corrected chi connectivity index (χ4v) is 3.91. The smallest absolute Gasteiger partial charge is 0.305 e. The number of carboxylic acids is 1. The Hall–Kier alpha value is -3.87. The summed E-state index contributed by atoms with van der Waals surface area (Å²) in [6.45, 7) is 1.44. The number of aromatic nitrogens is 1. The highest BCUT2D eigenvalue weighted by atomic mass is 16.5. The molecule has 0 aliphatic heterocycles. The highest BCUT2D eigenvalue weighted by molar-refractivity contribution is 6.08. The number of aryl methyl sites for hydroxylation is 1. The molecule has 1 aromatic heterocycles. The molecule has 7 nitrogen and oxygen atoms in total. The average molecular weight is 450 g/mol. The van der Waals surface area contributed by atoms with Crippen LogP contribution in [0.25, 0.3) is 21.8 Å². The zero-order chi connectivity index (χ0) is 23.2. The second-order valence-electron chi connectivity index (χ2n) is 7.76. The second kappa shape index (κ2) is 10.2. The number of methoxy groups -OCH3 is 1. The van der Waals surface area contributed by atoms with Crippen molar-refractivity contribution in [2.45, 2.75) is 25.8 Å². The molecule has 0 saturated carbocycles. The van der Waals surface area contributed by atoms with Gasteiger partial charge in [-0.3, -0.25) is 4.79 Å². The number of ether oxygens (including phenoxy) is 3. The minimum absolute atomic E-state index is 0.0594. The minimum atomic E-state index is -0.820. The SMILES string of the molecule is COc1cc(O)cc(OCCCCOc2ccc3c4ccccc4n(CCC(=O)O)c3c2)c1. The number of carboxylic acid groups (broad SMARTS) is 1. The maximum Gasteiger partial charge on any atom is 0.305 e. The Labute approximate surface area is 191 Å². The number of para-hydroxylation sites is 1. The molecule has 0 aliphatic rings. The van der Waals surface area contributed by atoms with Gasteiger partial charge in [0.1, 0.15) is 23.0 Å². The first-order chi connectivity index (χ1) is 16.0. The van der Waals surface area contributed by atoms with Gasteiger partial charge in [-0.1, -0.05) is 18.2 Å². The Morgan fingerprint density at radius 3 is 2.30 bits per heavy atom. The number of carbonyl (C=O) groups is 1. The van der Waals surface area contributed by atoms with E-state index in [1.165, 1.54) is 6.07 Å². The van der Waals surface area contributed by atoms with Crippen molar-refractivity contribution in [3.63, 3.8) is 0 Å². The molecule has 4 aromatic rings. The predicted molar refractivity (Wildman–Crippen MR) is 127 cm³/mol. The number of aromatic hydroxyl groups is 1. The highest BCUT2D eigenvalue weighted by Gasteiger charge is 2.12. The van der Waals surface area contributed by atoms with Gasteiger partial charge >= 0.3 is 5.97 Å². The van der Waals surface area contributed by atoms with Crippen molar-refractivity contribution in [2.24, 2.45) is 0 Å². The van der Waals surface area contributed by atoms with Crippen LogP contribution in [-0.4, -0.2) is 41.1 Å². The molecule has 0 unspecified atom stereocenters. The first-order valence-corrected chi connectivity index (χ1v) is 10.9. The number of phenolic OH excluding ortho intramolecular Hbond substituents is 1. The lowest BCUT2D eigenvalue weighted by molar-refractivity contribution is -0.137. The van der Waals surface area contributed by atoms with Crippen LogP contribution in [0.1, 0.15) is 19.3 Å². The van der Waals surface area contributed by atoms with Crippen molar-refractivity contribution in [3.8, 4) is 23.0 Å². The Bertz CT molecular complexity index is 1260. The number of unbranched alkanes of at least 4 members (excludes halogenated alkanes) is 1. The molecule has 172 valence electrons. The summed E-state index contributed by atoms with van der Waals surface area (Å²) in [6, 6.07) is 18.8. The summed E-state index contributed by atoms with van der Waals surface area (Å²) in [5, 5.41) is 21.0. The van der Waals surface area contributed by atoms with Gasteiger partial charge < -0.3 is 29.0 Å². The number of rotatable bonds is 11. The van der Waals surface area contributed by atoms with E-state index in [-0.39, 0.29) is 12.2 Å². The maximum absolute atomic E-state index is 11.1. The molecule has 0 bridgehead atoms. The van der Waals surface area contributed by atoms with Gasteiger partial charge in [-0.25, -0.2) is 0 Å². The van der Waals surface area contributed by atoms with Crippen LogP contribution in [0.2, 0.25) is 0 Å². The summed E-state index contributed by atoms with van der Waals surface area (Å²) in [5.41, 5.74) is 1.99. The molecule has 0 atom stereocenters. The highest BCUT2D eigenvalue weighted by Crippen LogP contribution is 2.32. The fraction of sp³-hybridized carbons (Fsp3) is 0.269. The van der Waals surface area contributed by atoms with E-state index >= 15 is 0 Å². The molecular formula is C26H27NO6. The van der Waals surface area contributed by atoms with E-state index in [2.05, 4.69) is 6.07 Å². The molecule has 0 amide bonds. The zero-order valence-corrected chi connectivity index (χ0v) is 18.5. The Balaban J connectivity index is 1.36. The number of fused-ring (bicyclic) bond motifs is 3. The van der Waals surface area contributed by atoms with Gasteiger partial charge in [-0.15, -0.1) is 0 Å². The van der Waals surface area contributed by atoms with E-state index in [9.17, 15) is 9.90 Å². The van der Waals surface area contributed by atoms with Crippen molar-refractivity contribution in [1.29, 1.82) is 0 Å². The normalized spacial score (nSPS) is 11.1. The number of aliphatic carboxylic acids is 1. The van der Waals surface area contributed by atoms with Crippen LogP contribution in [0.5, 0.6) is 23.0 Å². The van der Waals surface area contributed by atoms with Crippen molar-refractivity contribution < 1.29 is 29.2 Å². The van der Waals surface area contributed by atoms with Crippen molar-refractivity contribution in [3.05, 3.63) is 60.7 Å². The van der Waals surface area contributed by atoms with Crippen LogP contribution in [0, 0.1) is 0 Å². The lowest BCUT2D eigenvalue weighted by atomic mass is 10.1. The van der Waals surface area contributed by atoms with E-state index in [1.807, 2.05) is 41.0 Å². The fourth-order valence-electron chi connectivity index (χ4n) is 3.91. The van der Waals surface area contributed by atoms with Crippen LogP contribution >= 0.6 is 0 Å². The molecule has 1 heterocycles. The number of hydrogen-bond acceptors (Lipinski definition) is 5. The van der Waals surface area contributed by atoms with E-state index in [0.717, 1.165) is 40.4 Å². The zero-order valence-electron chi connectivity index (χ0n) is 18.5. The first-order valence-electron chi connectivity index (χ1n) is 10.9. The average Bonchev–Trinajstić information content (AvgIpc) is 3.12. The summed E-state index contributed by atoms with van der Waals surface area (Å²) < 4.78 is 18.8. The lowest BCUT2D eigenvalue weighted by Gasteiger charge is -2.10. The molecule has 3 aromatic carbocycles. The monoisotopic (exact) mass is 449 g/mol. The Morgan fingerprint density at radius 1 is 0.848 bits per heavy atom.